The highest BCUT2D eigenvalue weighted by atomic mass is 16.3. The highest BCUT2D eigenvalue weighted by Crippen LogP contribution is 2.19. The number of aliphatic hydroxyl groups excluding tert-OH is 2. The summed E-state index contributed by atoms with van der Waals surface area (Å²) in [6.45, 7) is 0. The van der Waals surface area contributed by atoms with Gasteiger partial charge in [-0.25, -0.2) is 0 Å². The minimum atomic E-state index is -1.41. The van der Waals surface area contributed by atoms with Gasteiger partial charge in [0.2, 0.25) is 5.91 Å². The number of amides is 1. The predicted molar refractivity (Wildman–Crippen MR) is 54.4 cm³/mol. The Bertz CT molecular complexity index is 394. The van der Waals surface area contributed by atoms with Crippen LogP contribution in [0.15, 0.2) is 18.3 Å². The van der Waals surface area contributed by atoms with Gasteiger partial charge < -0.3 is 15.9 Å². The summed E-state index contributed by atoms with van der Waals surface area (Å²) in [6, 6.07) is 2.98. The number of nitrogens with two attached hydrogens (primary N) is 1. The maximum absolute atomic E-state index is 10.7. The monoisotopic (exact) mass is 224 g/mol. The van der Waals surface area contributed by atoms with Crippen molar-refractivity contribution in [1.82, 2.24) is 4.98 Å². The van der Waals surface area contributed by atoms with E-state index in [2.05, 4.69) is 4.98 Å². The second-order valence-electron chi connectivity index (χ2n) is 3.28. The molecule has 0 aliphatic heterocycles. The molecule has 4 N–H and O–H groups in total. The normalized spacial score (nSPS) is 14.1. The number of pyridine rings is 1. The molecule has 6 heteroatoms. The van der Waals surface area contributed by atoms with Crippen molar-refractivity contribution in [3.8, 4) is 0 Å². The van der Waals surface area contributed by atoms with Gasteiger partial charge in [-0.05, 0) is 12.1 Å². The van der Waals surface area contributed by atoms with Gasteiger partial charge in [-0.1, -0.05) is 0 Å². The van der Waals surface area contributed by atoms with Crippen LogP contribution in [0, 0.1) is 0 Å². The van der Waals surface area contributed by atoms with Crippen LogP contribution in [0.5, 0.6) is 0 Å². The van der Waals surface area contributed by atoms with Gasteiger partial charge in [0, 0.05) is 11.8 Å². The molecule has 6 nitrogen and oxygen atoms in total. The lowest BCUT2D eigenvalue weighted by molar-refractivity contribution is -0.121. The van der Waals surface area contributed by atoms with E-state index in [0.717, 1.165) is 0 Å². The van der Waals surface area contributed by atoms with Crippen LogP contribution in [0.25, 0.3) is 0 Å². The summed E-state index contributed by atoms with van der Waals surface area (Å²) in [5.74, 6) is -0.741. The molecule has 0 spiro atoms. The first kappa shape index (κ1) is 12.3. The summed E-state index contributed by atoms with van der Waals surface area (Å²) in [6.07, 6.45) is -1.28. The summed E-state index contributed by atoms with van der Waals surface area (Å²) in [5, 5.41) is 19.1. The molecule has 1 amide bonds. The number of nitrogens with zero attached hydrogens (tertiary/aromatic N) is 1. The summed E-state index contributed by atoms with van der Waals surface area (Å²) in [5.41, 5.74) is 5.08. The third kappa shape index (κ3) is 2.85. The van der Waals surface area contributed by atoms with Gasteiger partial charge in [0.25, 0.3) is 0 Å². The summed E-state index contributed by atoms with van der Waals surface area (Å²) < 4.78 is 0. The van der Waals surface area contributed by atoms with Crippen molar-refractivity contribution in [2.45, 2.75) is 18.6 Å². The van der Waals surface area contributed by atoms with E-state index in [4.69, 9.17) is 5.73 Å². The third-order valence-corrected chi connectivity index (χ3v) is 2.05. The van der Waals surface area contributed by atoms with Gasteiger partial charge in [-0.15, -0.1) is 0 Å². The van der Waals surface area contributed by atoms with Crippen molar-refractivity contribution < 1.29 is 19.8 Å². The highest BCUT2D eigenvalue weighted by molar-refractivity contribution is 5.77. The second kappa shape index (κ2) is 5.34. The number of primary amides is 1. The smallest absolute Gasteiger partial charge is 0.220 e. The topological polar surface area (TPSA) is 114 Å². The van der Waals surface area contributed by atoms with Gasteiger partial charge in [0.05, 0.1) is 18.2 Å². The average molecular weight is 224 g/mol. The summed E-state index contributed by atoms with van der Waals surface area (Å²) in [7, 11) is 0. The molecule has 0 bridgehead atoms. The van der Waals surface area contributed by atoms with Crippen molar-refractivity contribution in [3.05, 3.63) is 29.6 Å². The fraction of sp³-hybridized carbons (Fsp3) is 0.300. The molecule has 2 atom stereocenters. The Morgan fingerprint density at radius 2 is 2.25 bits per heavy atom. The molecule has 16 heavy (non-hydrogen) atoms. The van der Waals surface area contributed by atoms with Crippen LogP contribution in [-0.2, 0) is 4.79 Å². The average Bonchev–Trinajstić information content (AvgIpc) is 2.27. The number of aromatic nitrogens is 1. The maximum Gasteiger partial charge on any atom is 0.220 e. The van der Waals surface area contributed by atoms with Crippen LogP contribution in [-0.4, -0.2) is 33.5 Å². The first-order valence-corrected chi connectivity index (χ1v) is 4.60. The Morgan fingerprint density at radius 3 is 2.81 bits per heavy atom. The number of aldehydes is 1. The fourth-order valence-corrected chi connectivity index (χ4v) is 1.28. The van der Waals surface area contributed by atoms with Crippen molar-refractivity contribution in [2.24, 2.45) is 5.73 Å². The lowest BCUT2D eigenvalue weighted by Gasteiger charge is -2.16. The van der Waals surface area contributed by atoms with Crippen molar-refractivity contribution >= 4 is 12.2 Å². The highest BCUT2D eigenvalue weighted by Gasteiger charge is 2.23. The molecule has 1 heterocycles. The quantitative estimate of drug-likeness (QED) is 0.564. The first-order valence-electron chi connectivity index (χ1n) is 4.60. The fourth-order valence-electron chi connectivity index (χ4n) is 1.28. The second-order valence-corrected chi connectivity index (χ2v) is 3.28. The molecule has 0 saturated heterocycles. The van der Waals surface area contributed by atoms with Gasteiger partial charge in [0.15, 0.2) is 6.29 Å². The molecule has 2 unspecified atom stereocenters. The number of carbonyl (C=O) groups is 2. The Morgan fingerprint density at radius 1 is 1.56 bits per heavy atom. The van der Waals surface area contributed by atoms with E-state index in [1.165, 1.54) is 18.3 Å². The maximum atomic E-state index is 10.7. The van der Waals surface area contributed by atoms with E-state index < -0.39 is 24.5 Å². The Balaban J connectivity index is 2.90. The molecule has 0 aromatic carbocycles. The molecular formula is C10H12N2O4. The minimum absolute atomic E-state index is 0.0336. The first-order chi connectivity index (χ1) is 7.56. The Kier molecular flexibility index (Phi) is 4.10. The molecule has 1 aromatic heterocycles. The Labute approximate surface area is 91.7 Å². The molecule has 0 aliphatic carbocycles. The van der Waals surface area contributed by atoms with Crippen LogP contribution >= 0.6 is 0 Å². The van der Waals surface area contributed by atoms with E-state index in [9.17, 15) is 19.8 Å². The Hall–Kier alpha value is -1.79. The molecule has 0 radical (unpaired) electrons. The lowest BCUT2D eigenvalue weighted by Crippen LogP contribution is -2.26. The minimum Gasteiger partial charge on any atom is -0.389 e. The van der Waals surface area contributed by atoms with Crippen molar-refractivity contribution in [1.29, 1.82) is 0 Å². The van der Waals surface area contributed by atoms with E-state index in [-0.39, 0.29) is 11.3 Å². The van der Waals surface area contributed by atoms with Crippen LogP contribution < -0.4 is 5.73 Å². The van der Waals surface area contributed by atoms with Crippen LogP contribution in [0.2, 0.25) is 0 Å². The standard InChI is InChI=1S/C10H12N2O4/c11-8(15)4-7(14)10(16)9-6(5-13)2-1-3-12-9/h1-3,5,7,10,14,16H,4H2,(H2,11,15). The van der Waals surface area contributed by atoms with E-state index >= 15 is 0 Å². The van der Waals surface area contributed by atoms with Gasteiger partial charge in [-0.2, -0.15) is 0 Å². The molecule has 1 aromatic rings. The van der Waals surface area contributed by atoms with Gasteiger partial charge >= 0.3 is 0 Å². The summed E-state index contributed by atoms with van der Waals surface area (Å²) in [4.78, 5) is 25.0. The molecule has 86 valence electrons. The zero-order chi connectivity index (χ0) is 12.1. The third-order valence-electron chi connectivity index (χ3n) is 2.05. The zero-order valence-corrected chi connectivity index (χ0v) is 8.41. The predicted octanol–water partition coefficient (Wildman–Crippen LogP) is -0.836. The zero-order valence-electron chi connectivity index (χ0n) is 8.41. The number of rotatable bonds is 5. The SMILES string of the molecule is NC(=O)CC(O)C(O)c1ncccc1C=O. The van der Waals surface area contributed by atoms with E-state index in [0.29, 0.717) is 6.29 Å². The molecule has 0 saturated carbocycles. The number of hydrogen-bond acceptors (Lipinski definition) is 5. The molecular weight excluding hydrogens is 212 g/mol. The molecule has 0 fully saturated rings. The van der Waals surface area contributed by atoms with Crippen LogP contribution in [0.4, 0.5) is 0 Å². The summed E-state index contributed by atoms with van der Waals surface area (Å²) >= 11 is 0. The number of hydrogen-bond donors (Lipinski definition) is 3. The van der Waals surface area contributed by atoms with Crippen LogP contribution in [0.3, 0.4) is 0 Å². The molecule has 1 rings (SSSR count). The van der Waals surface area contributed by atoms with Gasteiger partial charge in [-0.3, -0.25) is 14.6 Å². The molecule has 0 aliphatic rings. The number of carbonyl (C=O) groups excluding carboxylic acids is 2. The van der Waals surface area contributed by atoms with Crippen molar-refractivity contribution in [2.75, 3.05) is 0 Å². The van der Waals surface area contributed by atoms with Crippen LogP contribution in [0.1, 0.15) is 28.6 Å². The lowest BCUT2D eigenvalue weighted by atomic mass is 10.0. The van der Waals surface area contributed by atoms with Crippen molar-refractivity contribution in [3.63, 3.8) is 0 Å². The largest absolute Gasteiger partial charge is 0.389 e. The van der Waals surface area contributed by atoms with E-state index in [1.54, 1.807) is 0 Å². The van der Waals surface area contributed by atoms with E-state index in [1.807, 2.05) is 0 Å². The number of aliphatic hydroxyl groups is 2. The van der Waals surface area contributed by atoms with Gasteiger partial charge in [0.1, 0.15) is 6.10 Å².